The van der Waals surface area contributed by atoms with Crippen LogP contribution in [-0.4, -0.2) is 30.9 Å². The minimum absolute atomic E-state index is 0. The van der Waals surface area contributed by atoms with Crippen LogP contribution in [0.25, 0.3) is 11.1 Å². The predicted molar refractivity (Wildman–Crippen MR) is 104 cm³/mol. The van der Waals surface area contributed by atoms with Crippen LogP contribution < -0.4 is 5.73 Å². The van der Waals surface area contributed by atoms with Crippen LogP contribution in [0.2, 0.25) is 0 Å². The van der Waals surface area contributed by atoms with E-state index in [4.69, 9.17) is 5.73 Å². The number of carbonyl (C=O) groups is 1. The van der Waals surface area contributed by atoms with Crippen LogP contribution in [0, 0.1) is 24.0 Å². The van der Waals surface area contributed by atoms with Gasteiger partial charge < -0.3 is 10.6 Å². The Morgan fingerprint density at radius 3 is 2.27 bits per heavy atom. The molecule has 0 aromatic heterocycles. The average Bonchev–Trinajstić information content (AvgIpc) is 2.54. The van der Waals surface area contributed by atoms with Crippen LogP contribution >= 0.6 is 12.4 Å². The fourth-order valence-corrected chi connectivity index (χ4v) is 2.79. The molecule has 142 valence electrons. The van der Waals surface area contributed by atoms with Crippen LogP contribution in [0.5, 0.6) is 0 Å². The second kappa shape index (κ2) is 8.60. The third-order valence-corrected chi connectivity index (χ3v) is 4.26. The molecular weight excluding hydrogens is 358 g/mol. The van der Waals surface area contributed by atoms with Crippen LogP contribution in [-0.2, 0) is 0 Å². The van der Waals surface area contributed by atoms with Crippen molar-refractivity contribution in [1.29, 1.82) is 0 Å². The predicted octanol–water partition coefficient (Wildman–Crippen LogP) is 4.42. The minimum Gasteiger partial charge on any atom is -0.341 e. The van der Waals surface area contributed by atoms with E-state index in [1.165, 1.54) is 18.2 Å². The number of benzene rings is 2. The summed E-state index contributed by atoms with van der Waals surface area (Å²) in [6.45, 7) is 6.58. The first-order valence-electron chi connectivity index (χ1n) is 8.16. The quantitative estimate of drug-likeness (QED) is 0.832. The van der Waals surface area contributed by atoms with Gasteiger partial charge in [0.1, 0.15) is 11.6 Å². The molecule has 2 rings (SSSR count). The van der Waals surface area contributed by atoms with E-state index < -0.39 is 5.82 Å². The van der Waals surface area contributed by atoms with E-state index in [0.29, 0.717) is 29.8 Å². The fourth-order valence-electron chi connectivity index (χ4n) is 2.79. The van der Waals surface area contributed by atoms with E-state index in [9.17, 15) is 13.6 Å². The van der Waals surface area contributed by atoms with Gasteiger partial charge in [-0.2, -0.15) is 0 Å². The smallest absolute Gasteiger partial charge is 0.253 e. The van der Waals surface area contributed by atoms with Crippen molar-refractivity contribution in [3.63, 3.8) is 0 Å². The number of rotatable bonds is 5. The first kappa shape index (κ1) is 22.1. The summed E-state index contributed by atoms with van der Waals surface area (Å²) in [6, 6.07) is 8.58. The number of amides is 1. The first-order valence-corrected chi connectivity index (χ1v) is 8.16. The summed E-state index contributed by atoms with van der Waals surface area (Å²) < 4.78 is 27.8. The molecule has 0 atom stereocenters. The first-order chi connectivity index (χ1) is 11.6. The monoisotopic (exact) mass is 382 g/mol. The lowest BCUT2D eigenvalue weighted by Gasteiger charge is -2.29. The number of hydrogen-bond donors (Lipinski definition) is 1. The van der Waals surface area contributed by atoms with Gasteiger partial charge in [0.05, 0.1) is 0 Å². The second-order valence-corrected chi connectivity index (χ2v) is 7.18. The normalized spacial score (nSPS) is 11.0. The molecule has 0 radical (unpaired) electrons. The van der Waals surface area contributed by atoms with E-state index in [2.05, 4.69) is 0 Å². The molecule has 0 saturated carbocycles. The second-order valence-electron chi connectivity index (χ2n) is 7.18. The number of hydrogen-bond acceptors (Lipinski definition) is 2. The topological polar surface area (TPSA) is 46.3 Å². The molecule has 1 amide bonds. The summed E-state index contributed by atoms with van der Waals surface area (Å²) in [5.41, 5.74) is 7.35. The molecule has 2 N–H and O–H groups in total. The van der Waals surface area contributed by atoms with Crippen molar-refractivity contribution in [2.75, 3.05) is 20.1 Å². The standard InChI is InChI=1S/C20H24F2N2O.ClH/c1-13-9-15(21)6-8-16(13)17-7-5-14(10-18(17)22)19(25)24(4)12-20(2,3)11-23;/h5-10H,11-12,23H2,1-4H3;1H. The van der Waals surface area contributed by atoms with Crippen molar-refractivity contribution in [3.05, 3.63) is 59.2 Å². The Bertz CT molecular complexity index is 793. The van der Waals surface area contributed by atoms with Crippen molar-refractivity contribution >= 4 is 18.3 Å². The number of carbonyl (C=O) groups excluding carboxylic acids is 1. The van der Waals surface area contributed by atoms with Crippen molar-refractivity contribution in [3.8, 4) is 11.1 Å². The van der Waals surface area contributed by atoms with E-state index in [-0.39, 0.29) is 35.1 Å². The van der Waals surface area contributed by atoms with Gasteiger partial charge >= 0.3 is 0 Å². The molecule has 0 spiro atoms. The maximum absolute atomic E-state index is 14.6. The van der Waals surface area contributed by atoms with Gasteiger partial charge in [-0.05, 0) is 54.3 Å². The highest BCUT2D eigenvalue weighted by atomic mass is 35.5. The van der Waals surface area contributed by atoms with E-state index >= 15 is 0 Å². The van der Waals surface area contributed by atoms with Gasteiger partial charge in [0.2, 0.25) is 0 Å². The maximum atomic E-state index is 14.6. The number of halogens is 3. The van der Waals surface area contributed by atoms with Crippen LogP contribution in [0.4, 0.5) is 8.78 Å². The zero-order valence-electron chi connectivity index (χ0n) is 15.5. The Labute approximate surface area is 159 Å². The van der Waals surface area contributed by atoms with Crippen LogP contribution in [0.3, 0.4) is 0 Å². The summed E-state index contributed by atoms with van der Waals surface area (Å²) in [5.74, 6) is -1.13. The molecule has 0 fully saturated rings. The summed E-state index contributed by atoms with van der Waals surface area (Å²) in [5, 5.41) is 0. The average molecular weight is 383 g/mol. The third kappa shape index (κ3) is 5.02. The number of nitrogens with two attached hydrogens (primary N) is 1. The van der Waals surface area contributed by atoms with Gasteiger partial charge in [-0.1, -0.05) is 26.0 Å². The molecule has 0 unspecified atom stereocenters. The molecule has 0 aliphatic heterocycles. The van der Waals surface area contributed by atoms with Gasteiger partial charge in [-0.15, -0.1) is 12.4 Å². The maximum Gasteiger partial charge on any atom is 0.253 e. The zero-order valence-corrected chi connectivity index (χ0v) is 16.3. The summed E-state index contributed by atoms with van der Waals surface area (Å²) in [4.78, 5) is 14.1. The van der Waals surface area contributed by atoms with Crippen molar-refractivity contribution in [1.82, 2.24) is 4.90 Å². The Balaban J connectivity index is 0.00000338. The van der Waals surface area contributed by atoms with Gasteiger partial charge in [0.15, 0.2) is 0 Å². The largest absolute Gasteiger partial charge is 0.341 e. The van der Waals surface area contributed by atoms with Gasteiger partial charge in [0, 0.05) is 24.7 Å². The zero-order chi connectivity index (χ0) is 18.8. The molecular formula is C20H25ClF2N2O. The number of nitrogens with zero attached hydrogens (tertiary/aromatic N) is 1. The molecule has 3 nitrogen and oxygen atoms in total. The van der Waals surface area contributed by atoms with Gasteiger partial charge in [-0.25, -0.2) is 8.78 Å². The molecule has 0 aliphatic rings. The Kier molecular flexibility index (Phi) is 7.30. The highest BCUT2D eigenvalue weighted by molar-refractivity contribution is 5.94. The van der Waals surface area contributed by atoms with Crippen molar-refractivity contribution in [2.45, 2.75) is 20.8 Å². The molecule has 0 aliphatic carbocycles. The molecule has 0 bridgehead atoms. The SMILES string of the molecule is Cc1cc(F)ccc1-c1ccc(C(=O)N(C)CC(C)(C)CN)cc1F.Cl. The minimum atomic E-state index is -0.507. The molecule has 26 heavy (non-hydrogen) atoms. The molecule has 2 aromatic carbocycles. The van der Waals surface area contributed by atoms with Crippen LogP contribution in [0.1, 0.15) is 29.8 Å². The molecule has 0 heterocycles. The Hall–Kier alpha value is -1.98. The van der Waals surface area contributed by atoms with Crippen LogP contribution in [0.15, 0.2) is 36.4 Å². The van der Waals surface area contributed by atoms with Gasteiger partial charge in [0.25, 0.3) is 5.91 Å². The highest BCUT2D eigenvalue weighted by Crippen LogP contribution is 2.28. The lowest BCUT2D eigenvalue weighted by atomic mass is 9.93. The Morgan fingerprint density at radius 1 is 1.12 bits per heavy atom. The highest BCUT2D eigenvalue weighted by Gasteiger charge is 2.22. The lowest BCUT2D eigenvalue weighted by Crippen LogP contribution is -2.39. The number of aryl methyl sites for hydroxylation is 1. The molecule has 2 aromatic rings. The van der Waals surface area contributed by atoms with Gasteiger partial charge in [-0.3, -0.25) is 4.79 Å². The van der Waals surface area contributed by atoms with E-state index in [1.54, 1.807) is 37.1 Å². The fraction of sp³-hybridized carbons (Fsp3) is 0.350. The third-order valence-electron chi connectivity index (χ3n) is 4.26. The van der Waals surface area contributed by atoms with Crippen molar-refractivity contribution < 1.29 is 13.6 Å². The summed E-state index contributed by atoms with van der Waals surface area (Å²) in [7, 11) is 1.68. The van der Waals surface area contributed by atoms with E-state index in [1.807, 2.05) is 13.8 Å². The Morgan fingerprint density at radius 2 is 1.73 bits per heavy atom. The lowest BCUT2D eigenvalue weighted by molar-refractivity contribution is 0.0740. The molecule has 6 heteroatoms. The molecule has 0 saturated heterocycles. The van der Waals surface area contributed by atoms with Crippen molar-refractivity contribution in [2.24, 2.45) is 11.1 Å². The summed E-state index contributed by atoms with van der Waals surface area (Å²) >= 11 is 0. The van der Waals surface area contributed by atoms with E-state index in [0.717, 1.165) is 0 Å². The summed E-state index contributed by atoms with van der Waals surface area (Å²) in [6.07, 6.45) is 0.